The molecule has 0 bridgehead atoms. The minimum atomic E-state index is -0.00856. The van der Waals surface area contributed by atoms with Crippen LogP contribution in [0.15, 0.2) is 28.0 Å². The van der Waals surface area contributed by atoms with Crippen LogP contribution >= 0.6 is 15.9 Å². The molecule has 0 aromatic rings. The lowest BCUT2D eigenvalue weighted by molar-refractivity contribution is 0.280. The molecule has 0 rings (SSSR count). The first-order valence-electron chi connectivity index (χ1n) is 4.99. The van der Waals surface area contributed by atoms with Gasteiger partial charge in [-0.15, -0.1) is 0 Å². The second kappa shape index (κ2) is 6.42. The van der Waals surface area contributed by atoms with E-state index in [1.54, 1.807) is 0 Å². The van der Waals surface area contributed by atoms with Gasteiger partial charge in [-0.05, 0) is 21.3 Å². The van der Waals surface area contributed by atoms with E-state index in [9.17, 15) is 0 Å². The summed E-state index contributed by atoms with van der Waals surface area (Å²) in [5, 5.41) is 10.1. The lowest BCUT2D eigenvalue weighted by Crippen LogP contribution is -2.43. The smallest absolute Gasteiger partial charge is 0.159 e. The molecular formula is C11H18BrN5. The van der Waals surface area contributed by atoms with E-state index in [-0.39, 0.29) is 11.1 Å². The van der Waals surface area contributed by atoms with Crippen molar-refractivity contribution in [1.29, 1.82) is 5.26 Å². The summed E-state index contributed by atoms with van der Waals surface area (Å²) in [7, 11) is 0. The van der Waals surface area contributed by atoms with Crippen LogP contribution in [-0.4, -0.2) is 17.4 Å². The summed E-state index contributed by atoms with van der Waals surface area (Å²) >= 11 is 3.24. The fraction of sp³-hybridized carbons (Fsp3) is 0.455. The van der Waals surface area contributed by atoms with Crippen LogP contribution in [0.1, 0.15) is 20.8 Å². The van der Waals surface area contributed by atoms with Crippen molar-refractivity contribution >= 4 is 21.8 Å². The van der Waals surface area contributed by atoms with Gasteiger partial charge in [0.05, 0.1) is 4.48 Å². The molecule has 0 spiro atoms. The van der Waals surface area contributed by atoms with Crippen molar-refractivity contribution in [3.8, 4) is 6.07 Å². The molecule has 0 aliphatic carbocycles. The van der Waals surface area contributed by atoms with Gasteiger partial charge in [-0.1, -0.05) is 27.4 Å². The third kappa shape index (κ3) is 6.09. The molecule has 94 valence electrons. The zero-order valence-electron chi connectivity index (χ0n) is 10.4. The van der Waals surface area contributed by atoms with Gasteiger partial charge in [-0.3, -0.25) is 5.01 Å². The average Bonchev–Trinajstić information content (AvgIpc) is 2.21. The molecule has 0 aliphatic rings. The van der Waals surface area contributed by atoms with Gasteiger partial charge in [0.2, 0.25) is 0 Å². The van der Waals surface area contributed by atoms with Gasteiger partial charge in [0.15, 0.2) is 5.84 Å². The summed E-state index contributed by atoms with van der Waals surface area (Å²) in [6, 6.07) is 1.84. The third-order valence-corrected chi connectivity index (χ3v) is 2.27. The second-order valence-electron chi connectivity index (χ2n) is 4.70. The second-order valence-corrected chi connectivity index (χ2v) is 5.55. The van der Waals surface area contributed by atoms with Crippen LogP contribution in [0.25, 0.3) is 0 Å². The van der Waals surface area contributed by atoms with Gasteiger partial charge < -0.3 is 5.73 Å². The molecule has 0 unspecified atom stereocenters. The maximum atomic E-state index is 8.67. The molecule has 0 amide bonds. The van der Waals surface area contributed by atoms with E-state index in [1.165, 1.54) is 11.2 Å². The first-order valence-corrected chi connectivity index (χ1v) is 5.78. The Balaban J connectivity index is 5.16. The van der Waals surface area contributed by atoms with E-state index in [1.807, 2.05) is 26.8 Å². The molecule has 0 aromatic heterocycles. The average molecular weight is 300 g/mol. The van der Waals surface area contributed by atoms with Gasteiger partial charge in [0.1, 0.15) is 11.8 Å². The largest absolute Gasteiger partial charge is 0.404 e. The number of hydrazine groups is 1. The Morgan fingerprint density at radius 3 is 2.47 bits per heavy atom. The molecule has 0 fully saturated rings. The molecule has 0 saturated carbocycles. The van der Waals surface area contributed by atoms with Crippen molar-refractivity contribution < 1.29 is 0 Å². The highest BCUT2D eigenvalue weighted by Gasteiger charge is 2.19. The number of amidine groups is 1. The number of hydrogen-bond acceptors (Lipinski definition) is 4. The number of hydrogen-bond donors (Lipinski definition) is 2. The van der Waals surface area contributed by atoms with Gasteiger partial charge in [0.25, 0.3) is 0 Å². The SMILES string of the molecule is C=C(C#N)/N=C(\C(Br)=C/N)N(N)CC(C)(C)C. The molecule has 0 aromatic carbocycles. The number of rotatable bonds is 3. The molecule has 6 heteroatoms. The minimum Gasteiger partial charge on any atom is -0.404 e. The van der Waals surface area contributed by atoms with Crippen molar-refractivity contribution in [1.82, 2.24) is 5.01 Å². The normalized spacial score (nSPS) is 13.2. The van der Waals surface area contributed by atoms with E-state index in [2.05, 4.69) is 27.5 Å². The van der Waals surface area contributed by atoms with Crippen molar-refractivity contribution in [3.05, 3.63) is 23.0 Å². The van der Waals surface area contributed by atoms with Crippen molar-refractivity contribution in [2.75, 3.05) is 6.54 Å². The maximum absolute atomic E-state index is 8.67. The highest BCUT2D eigenvalue weighted by molar-refractivity contribution is 9.12. The minimum absolute atomic E-state index is 0.00856. The van der Waals surface area contributed by atoms with Gasteiger partial charge in [-0.2, -0.15) is 5.26 Å². The Kier molecular flexibility index (Phi) is 5.93. The fourth-order valence-electron chi connectivity index (χ4n) is 1.07. The summed E-state index contributed by atoms with van der Waals surface area (Å²) in [5.41, 5.74) is 5.47. The van der Waals surface area contributed by atoms with Crippen LogP contribution in [-0.2, 0) is 0 Å². The number of aliphatic imine (C=N–C) groups is 1. The predicted octanol–water partition coefficient (Wildman–Crippen LogP) is 1.84. The Morgan fingerprint density at radius 1 is 1.59 bits per heavy atom. The highest BCUT2D eigenvalue weighted by atomic mass is 79.9. The Morgan fingerprint density at radius 2 is 2.12 bits per heavy atom. The topological polar surface area (TPSA) is 91.4 Å². The summed E-state index contributed by atoms with van der Waals surface area (Å²) in [6.07, 6.45) is 1.33. The highest BCUT2D eigenvalue weighted by Crippen LogP contribution is 2.17. The lowest BCUT2D eigenvalue weighted by Gasteiger charge is -2.28. The van der Waals surface area contributed by atoms with Crippen LogP contribution in [0.3, 0.4) is 0 Å². The quantitative estimate of drug-likeness (QED) is 0.273. The maximum Gasteiger partial charge on any atom is 0.159 e. The molecule has 17 heavy (non-hydrogen) atoms. The van der Waals surface area contributed by atoms with E-state index in [0.29, 0.717) is 16.9 Å². The molecule has 4 N–H and O–H groups in total. The summed E-state index contributed by atoms with van der Waals surface area (Å²) in [5.74, 6) is 6.29. The first kappa shape index (κ1) is 15.7. The molecule has 5 nitrogen and oxygen atoms in total. The van der Waals surface area contributed by atoms with Crippen LogP contribution in [0.5, 0.6) is 0 Å². The zero-order chi connectivity index (χ0) is 13.6. The van der Waals surface area contributed by atoms with Crippen LogP contribution in [0.2, 0.25) is 0 Å². The summed E-state index contributed by atoms with van der Waals surface area (Å²) < 4.78 is 0.514. The predicted molar refractivity (Wildman–Crippen MR) is 73.7 cm³/mol. The van der Waals surface area contributed by atoms with Gasteiger partial charge in [0, 0.05) is 12.7 Å². The number of halogens is 1. The monoisotopic (exact) mass is 299 g/mol. The summed E-state index contributed by atoms with van der Waals surface area (Å²) in [6.45, 7) is 10.2. The number of nitriles is 1. The number of allylic oxidation sites excluding steroid dienone is 1. The van der Waals surface area contributed by atoms with Crippen LogP contribution in [0, 0.1) is 16.7 Å². The van der Waals surface area contributed by atoms with E-state index >= 15 is 0 Å². The first-order chi connectivity index (χ1) is 7.71. The van der Waals surface area contributed by atoms with Crippen molar-refractivity contribution in [2.45, 2.75) is 20.8 Å². The molecule has 0 atom stereocenters. The zero-order valence-corrected chi connectivity index (χ0v) is 12.0. The fourth-order valence-corrected chi connectivity index (χ4v) is 1.38. The third-order valence-electron chi connectivity index (χ3n) is 1.65. The van der Waals surface area contributed by atoms with Gasteiger partial charge >= 0.3 is 0 Å². The molecule has 0 saturated heterocycles. The molecule has 0 aliphatic heterocycles. The lowest BCUT2D eigenvalue weighted by atomic mass is 9.97. The molecule has 0 radical (unpaired) electrons. The Hall–Kier alpha value is -1.32. The number of nitrogens with two attached hydrogens (primary N) is 2. The van der Waals surface area contributed by atoms with E-state index < -0.39 is 0 Å². The molecular weight excluding hydrogens is 282 g/mol. The van der Waals surface area contributed by atoms with Crippen molar-refractivity contribution in [3.63, 3.8) is 0 Å². The van der Waals surface area contributed by atoms with Crippen molar-refractivity contribution in [2.24, 2.45) is 22.0 Å². The van der Waals surface area contributed by atoms with Crippen LogP contribution < -0.4 is 11.6 Å². The molecule has 0 heterocycles. The van der Waals surface area contributed by atoms with Gasteiger partial charge in [-0.25, -0.2) is 10.8 Å². The number of nitrogens with zero attached hydrogens (tertiary/aromatic N) is 3. The van der Waals surface area contributed by atoms with Crippen LogP contribution in [0.4, 0.5) is 0 Å². The summed E-state index contributed by atoms with van der Waals surface area (Å²) in [4.78, 5) is 4.02. The Labute approximate surface area is 111 Å². The standard InChI is InChI=1S/C11H18BrN5/c1-8(5-13)16-10(9(12)6-14)17(15)7-11(2,3)4/h6H,1,7,14-15H2,2-4H3/b9-6+,16-10+. The van der Waals surface area contributed by atoms with E-state index in [0.717, 1.165) is 0 Å². The Bertz CT molecular complexity index is 384. The van der Waals surface area contributed by atoms with E-state index in [4.69, 9.17) is 16.8 Å².